The van der Waals surface area contributed by atoms with Crippen molar-refractivity contribution in [2.75, 3.05) is 17.9 Å². The molecule has 1 N–H and O–H groups in total. The summed E-state index contributed by atoms with van der Waals surface area (Å²) in [6, 6.07) is 11.3. The Morgan fingerprint density at radius 3 is 2.56 bits per heavy atom. The summed E-state index contributed by atoms with van der Waals surface area (Å²) in [5.41, 5.74) is 2.49. The number of para-hydroxylation sites is 1. The van der Waals surface area contributed by atoms with Crippen LogP contribution in [-0.4, -0.2) is 38.3 Å². The predicted octanol–water partition coefficient (Wildman–Crippen LogP) is 4.18. The summed E-state index contributed by atoms with van der Waals surface area (Å²) in [5.74, 6) is -1.07. The summed E-state index contributed by atoms with van der Waals surface area (Å²) in [6.45, 7) is 5.47. The fraction of sp³-hybridized carbons (Fsp3) is 0.333. The molecule has 0 aliphatic heterocycles. The van der Waals surface area contributed by atoms with E-state index in [4.69, 9.17) is 4.74 Å². The van der Waals surface area contributed by atoms with Crippen LogP contribution in [0.25, 0.3) is 0 Å². The summed E-state index contributed by atoms with van der Waals surface area (Å²) < 4.78 is 33.7. The molecule has 0 fully saturated rings. The van der Waals surface area contributed by atoms with Gasteiger partial charge in [0.25, 0.3) is 15.9 Å². The number of nitrogens with zero attached hydrogens (tertiary/aromatic N) is 1. The van der Waals surface area contributed by atoms with Gasteiger partial charge in [0.05, 0.1) is 16.1 Å². The maximum absolute atomic E-state index is 13.0. The largest absolute Gasteiger partial charge is 0.452 e. The van der Waals surface area contributed by atoms with Crippen molar-refractivity contribution in [2.24, 2.45) is 0 Å². The molecule has 0 saturated carbocycles. The zero-order valence-corrected chi connectivity index (χ0v) is 19.4. The number of anilines is 1. The number of carbonyl (C=O) groups is 2. The Bertz CT molecular complexity index is 1150. The van der Waals surface area contributed by atoms with Crippen LogP contribution in [0.15, 0.2) is 59.1 Å². The highest BCUT2D eigenvalue weighted by Gasteiger charge is 2.23. The highest BCUT2D eigenvalue weighted by molar-refractivity contribution is 7.92. The van der Waals surface area contributed by atoms with E-state index >= 15 is 0 Å². The molecule has 1 aliphatic carbocycles. The average Bonchev–Trinajstić information content (AvgIpc) is 3.28. The van der Waals surface area contributed by atoms with Crippen LogP contribution in [-0.2, 0) is 19.6 Å². The van der Waals surface area contributed by atoms with E-state index in [1.165, 1.54) is 12.1 Å². The second-order valence-electron chi connectivity index (χ2n) is 7.72. The van der Waals surface area contributed by atoms with Crippen molar-refractivity contribution < 1.29 is 22.7 Å². The van der Waals surface area contributed by atoms with E-state index in [1.54, 1.807) is 36.1 Å². The second kappa shape index (κ2) is 9.99. The van der Waals surface area contributed by atoms with Gasteiger partial charge in [-0.3, -0.25) is 9.52 Å². The minimum atomic E-state index is -3.92. The molecule has 0 bridgehead atoms. The number of amides is 1. The van der Waals surface area contributed by atoms with Gasteiger partial charge in [-0.25, -0.2) is 13.2 Å². The number of benzene rings is 2. The third kappa shape index (κ3) is 5.37. The van der Waals surface area contributed by atoms with E-state index in [0.29, 0.717) is 12.1 Å². The topological polar surface area (TPSA) is 92.8 Å². The van der Waals surface area contributed by atoms with E-state index in [2.05, 4.69) is 4.72 Å². The highest BCUT2D eigenvalue weighted by atomic mass is 32.2. The molecular weight excluding hydrogens is 428 g/mol. The molecule has 7 nitrogen and oxygen atoms in total. The molecule has 0 saturated heterocycles. The molecule has 170 valence electrons. The summed E-state index contributed by atoms with van der Waals surface area (Å²) in [7, 11) is -3.92. The fourth-order valence-corrected chi connectivity index (χ4v) is 5.08. The van der Waals surface area contributed by atoms with E-state index in [1.807, 2.05) is 26.0 Å². The summed E-state index contributed by atoms with van der Waals surface area (Å²) in [4.78, 5) is 27.0. The number of sulfonamides is 1. The van der Waals surface area contributed by atoms with Gasteiger partial charge in [0, 0.05) is 12.2 Å². The van der Waals surface area contributed by atoms with Crippen molar-refractivity contribution in [3.05, 3.63) is 70.9 Å². The Labute approximate surface area is 189 Å². The minimum Gasteiger partial charge on any atom is -0.452 e. The molecule has 0 spiro atoms. The van der Waals surface area contributed by atoms with Crippen molar-refractivity contribution in [1.82, 2.24) is 4.90 Å². The Morgan fingerprint density at radius 1 is 1.12 bits per heavy atom. The molecule has 0 unspecified atom stereocenters. The lowest BCUT2D eigenvalue weighted by atomic mass is 10.2. The fourth-order valence-electron chi connectivity index (χ4n) is 3.67. The molecule has 0 heterocycles. The first kappa shape index (κ1) is 23.5. The maximum Gasteiger partial charge on any atom is 0.340 e. The normalized spacial score (nSPS) is 13.4. The Balaban J connectivity index is 1.75. The monoisotopic (exact) mass is 456 g/mol. The van der Waals surface area contributed by atoms with Crippen molar-refractivity contribution in [3.8, 4) is 0 Å². The summed E-state index contributed by atoms with van der Waals surface area (Å²) in [6.07, 6.45) is 4.80. The predicted molar refractivity (Wildman–Crippen MR) is 123 cm³/mol. The third-order valence-corrected chi connectivity index (χ3v) is 6.84. The van der Waals surface area contributed by atoms with Gasteiger partial charge in [-0.2, -0.15) is 0 Å². The lowest BCUT2D eigenvalue weighted by molar-refractivity contribution is -0.132. The zero-order chi connectivity index (χ0) is 23.3. The number of hydrogen-bond acceptors (Lipinski definition) is 5. The van der Waals surface area contributed by atoms with Gasteiger partial charge in [-0.05, 0) is 69.4 Å². The van der Waals surface area contributed by atoms with Crippen LogP contribution < -0.4 is 4.72 Å². The average molecular weight is 457 g/mol. The summed E-state index contributed by atoms with van der Waals surface area (Å²) in [5, 5.41) is 0. The van der Waals surface area contributed by atoms with Crippen molar-refractivity contribution in [3.63, 3.8) is 0 Å². The van der Waals surface area contributed by atoms with Gasteiger partial charge in [0.2, 0.25) is 0 Å². The molecular formula is C24H28N2O5S. The Hall–Kier alpha value is -3.13. The smallest absolute Gasteiger partial charge is 0.340 e. The number of esters is 1. The Morgan fingerprint density at radius 2 is 1.88 bits per heavy atom. The number of nitrogens with one attached hydrogen (secondary N) is 1. The standard InChI is InChI=1S/C24H28N2O5S/c1-4-26(19-9-5-6-10-19)23(27)16-31-24(28)20-11-7-8-12-21(20)25-32(29,30)22-15-17(2)13-14-18(22)3/h7-9,11-15,25H,4-6,10,16H2,1-3H3. The number of aryl methyl sites for hydroxylation is 2. The summed E-state index contributed by atoms with van der Waals surface area (Å²) >= 11 is 0. The molecule has 8 heteroatoms. The number of likely N-dealkylation sites (N-methyl/N-ethyl adjacent to an activating group) is 1. The lowest BCUT2D eigenvalue weighted by Gasteiger charge is -2.22. The molecule has 3 rings (SSSR count). The number of hydrogen-bond donors (Lipinski definition) is 1. The van der Waals surface area contributed by atoms with Gasteiger partial charge in [-0.1, -0.05) is 30.3 Å². The molecule has 1 aliphatic rings. The number of carbonyl (C=O) groups excluding carboxylic acids is 2. The van der Waals surface area contributed by atoms with E-state index < -0.39 is 22.6 Å². The molecule has 2 aromatic rings. The molecule has 32 heavy (non-hydrogen) atoms. The highest BCUT2D eigenvalue weighted by Crippen LogP contribution is 2.24. The quantitative estimate of drug-likeness (QED) is 0.602. The van der Waals surface area contributed by atoms with Crippen molar-refractivity contribution >= 4 is 27.6 Å². The first-order valence-electron chi connectivity index (χ1n) is 10.6. The molecule has 1 amide bonds. The molecule has 0 aromatic heterocycles. The molecule has 0 atom stereocenters. The molecule has 0 radical (unpaired) electrons. The van der Waals surface area contributed by atoms with Crippen molar-refractivity contribution in [2.45, 2.75) is 44.9 Å². The van der Waals surface area contributed by atoms with Crippen LogP contribution in [0.5, 0.6) is 0 Å². The molecule has 2 aromatic carbocycles. The maximum atomic E-state index is 13.0. The second-order valence-corrected chi connectivity index (χ2v) is 9.37. The third-order valence-electron chi connectivity index (χ3n) is 5.33. The van der Waals surface area contributed by atoms with Gasteiger partial charge in [-0.15, -0.1) is 0 Å². The van der Waals surface area contributed by atoms with Crippen LogP contribution in [0.2, 0.25) is 0 Å². The van der Waals surface area contributed by atoms with Gasteiger partial charge in [0.1, 0.15) is 0 Å². The van der Waals surface area contributed by atoms with Crippen LogP contribution >= 0.6 is 0 Å². The van der Waals surface area contributed by atoms with Gasteiger partial charge in [0.15, 0.2) is 6.61 Å². The van der Waals surface area contributed by atoms with E-state index in [9.17, 15) is 18.0 Å². The van der Waals surface area contributed by atoms with Crippen LogP contribution in [0.3, 0.4) is 0 Å². The number of allylic oxidation sites excluding steroid dienone is 2. The minimum absolute atomic E-state index is 0.0392. The van der Waals surface area contributed by atoms with Crippen molar-refractivity contribution in [1.29, 1.82) is 0 Å². The van der Waals surface area contributed by atoms with Gasteiger partial charge < -0.3 is 9.64 Å². The van der Waals surface area contributed by atoms with E-state index in [0.717, 1.165) is 30.5 Å². The van der Waals surface area contributed by atoms with Crippen LogP contribution in [0, 0.1) is 13.8 Å². The van der Waals surface area contributed by atoms with E-state index in [-0.39, 0.29) is 22.1 Å². The lowest BCUT2D eigenvalue weighted by Crippen LogP contribution is -2.33. The van der Waals surface area contributed by atoms with Gasteiger partial charge >= 0.3 is 5.97 Å². The number of ether oxygens (including phenoxy) is 1. The van der Waals surface area contributed by atoms with Crippen LogP contribution in [0.1, 0.15) is 47.7 Å². The first-order valence-corrected chi connectivity index (χ1v) is 12.1. The SMILES string of the molecule is CCN(C(=O)COC(=O)c1ccccc1NS(=O)(=O)c1cc(C)ccc1C)C1=CCCC1. The number of rotatable bonds is 8. The van der Waals surface area contributed by atoms with Crippen LogP contribution in [0.4, 0.5) is 5.69 Å². The zero-order valence-electron chi connectivity index (χ0n) is 18.6. The first-order chi connectivity index (χ1) is 15.2. The Kier molecular flexibility index (Phi) is 7.35.